The van der Waals surface area contributed by atoms with Crippen molar-refractivity contribution < 1.29 is 4.79 Å². The molecule has 0 heterocycles. The molecule has 0 fully saturated rings. The van der Waals surface area contributed by atoms with E-state index in [9.17, 15) is 4.79 Å². The Morgan fingerprint density at radius 1 is 1.40 bits per heavy atom. The highest BCUT2D eigenvalue weighted by Gasteiger charge is 2.09. The summed E-state index contributed by atoms with van der Waals surface area (Å²) in [5.74, 6) is 0.244. The van der Waals surface area contributed by atoms with E-state index < -0.39 is 0 Å². The lowest BCUT2D eigenvalue weighted by Crippen LogP contribution is -2.31. The molecule has 0 aliphatic carbocycles. The number of carbonyl (C=O) groups is 1. The third kappa shape index (κ3) is 7.14. The average Bonchev–Trinajstić information content (AvgIpc) is 2.24. The molecule has 88 valence electrons. The summed E-state index contributed by atoms with van der Waals surface area (Å²) in [5, 5.41) is 0. The zero-order chi connectivity index (χ0) is 11.5. The van der Waals surface area contributed by atoms with Gasteiger partial charge in [-0.05, 0) is 25.8 Å². The SMILES string of the molecule is C=CCN(CCC)C(=O)CCCCCN. The van der Waals surface area contributed by atoms with E-state index in [4.69, 9.17) is 5.73 Å². The predicted molar refractivity (Wildman–Crippen MR) is 64.6 cm³/mol. The van der Waals surface area contributed by atoms with Crippen molar-refractivity contribution in [3.8, 4) is 0 Å². The highest BCUT2D eigenvalue weighted by molar-refractivity contribution is 5.76. The molecule has 0 rings (SSSR count). The summed E-state index contributed by atoms with van der Waals surface area (Å²) >= 11 is 0. The molecule has 1 amide bonds. The zero-order valence-electron chi connectivity index (χ0n) is 9.87. The average molecular weight is 212 g/mol. The van der Waals surface area contributed by atoms with Gasteiger partial charge in [0.05, 0.1) is 0 Å². The van der Waals surface area contributed by atoms with E-state index in [1.807, 2.05) is 4.90 Å². The van der Waals surface area contributed by atoms with Crippen molar-refractivity contribution in [2.75, 3.05) is 19.6 Å². The maximum atomic E-state index is 11.7. The largest absolute Gasteiger partial charge is 0.339 e. The molecule has 0 aliphatic heterocycles. The van der Waals surface area contributed by atoms with Crippen LogP contribution < -0.4 is 5.73 Å². The van der Waals surface area contributed by atoms with E-state index >= 15 is 0 Å². The second-order valence-electron chi connectivity index (χ2n) is 3.73. The Balaban J connectivity index is 3.75. The number of hydrogen-bond acceptors (Lipinski definition) is 2. The van der Waals surface area contributed by atoms with Crippen LogP contribution in [-0.4, -0.2) is 30.4 Å². The quantitative estimate of drug-likeness (QED) is 0.469. The molecule has 15 heavy (non-hydrogen) atoms. The minimum Gasteiger partial charge on any atom is -0.339 e. The lowest BCUT2D eigenvalue weighted by Gasteiger charge is -2.20. The van der Waals surface area contributed by atoms with Gasteiger partial charge in [0.1, 0.15) is 0 Å². The first-order chi connectivity index (χ1) is 7.26. The fraction of sp³-hybridized carbons (Fsp3) is 0.750. The van der Waals surface area contributed by atoms with Gasteiger partial charge in [0, 0.05) is 19.5 Å². The molecule has 0 aliphatic rings. The van der Waals surface area contributed by atoms with E-state index in [1.165, 1.54) is 0 Å². The lowest BCUT2D eigenvalue weighted by atomic mass is 10.2. The summed E-state index contributed by atoms with van der Waals surface area (Å²) in [5.41, 5.74) is 5.39. The molecule has 0 radical (unpaired) electrons. The smallest absolute Gasteiger partial charge is 0.222 e. The van der Waals surface area contributed by atoms with Gasteiger partial charge in [-0.1, -0.05) is 19.4 Å². The first-order valence-corrected chi connectivity index (χ1v) is 5.85. The van der Waals surface area contributed by atoms with Gasteiger partial charge in [-0.3, -0.25) is 4.79 Å². The molecule has 0 aromatic rings. The molecule has 0 unspecified atom stereocenters. The summed E-state index contributed by atoms with van der Waals surface area (Å²) in [6.07, 6.45) is 6.45. The molecule has 0 saturated heterocycles. The third-order valence-electron chi connectivity index (χ3n) is 2.29. The normalized spacial score (nSPS) is 10.0. The van der Waals surface area contributed by atoms with Gasteiger partial charge < -0.3 is 10.6 Å². The van der Waals surface area contributed by atoms with Crippen LogP contribution in [0.1, 0.15) is 39.0 Å². The number of hydrogen-bond donors (Lipinski definition) is 1. The van der Waals surface area contributed by atoms with Crippen LogP contribution in [0.5, 0.6) is 0 Å². The second-order valence-corrected chi connectivity index (χ2v) is 3.73. The van der Waals surface area contributed by atoms with Crippen molar-refractivity contribution in [1.82, 2.24) is 4.90 Å². The van der Waals surface area contributed by atoms with Crippen molar-refractivity contribution >= 4 is 5.91 Å². The summed E-state index contributed by atoms with van der Waals surface area (Å²) in [6, 6.07) is 0. The molecule has 2 N–H and O–H groups in total. The first kappa shape index (κ1) is 14.2. The van der Waals surface area contributed by atoms with Crippen LogP contribution in [0.3, 0.4) is 0 Å². The van der Waals surface area contributed by atoms with Crippen molar-refractivity contribution in [3.05, 3.63) is 12.7 Å². The summed E-state index contributed by atoms with van der Waals surface area (Å²) < 4.78 is 0. The van der Waals surface area contributed by atoms with E-state index in [2.05, 4.69) is 13.5 Å². The van der Waals surface area contributed by atoms with Crippen molar-refractivity contribution in [2.45, 2.75) is 39.0 Å². The van der Waals surface area contributed by atoms with Crippen LogP contribution in [0.2, 0.25) is 0 Å². The Labute approximate surface area is 93.3 Å². The number of nitrogens with two attached hydrogens (primary N) is 1. The van der Waals surface area contributed by atoms with Gasteiger partial charge in [-0.2, -0.15) is 0 Å². The topological polar surface area (TPSA) is 46.3 Å². The Kier molecular flexibility index (Phi) is 9.18. The standard InChI is InChI=1S/C12H24N2O/c1-3-10-14(11-4-2)12(15)8-6-5-7-9-13/h3H,1,4-11,13H2,2H3. The summed E-state index contributed by atoms with van der Waals surface area (Å²) in [7, 11) is 0. The minimum atomic E-state index is 0.244. The Morgan fingerprint density at radius 3 is 2.67 bits per heavy atom. The van der Waals surface area contributed by atoms with Crippen LogP contribution >= 0.6 is 0 Å². The number of unbranched alkanes of at least 4 members (excludes halogenated alkanes) is 2. The van der Waals surface area contributed by atoms with Crippen LogP contribution in [0.25, 0.3) is 0 Å². The molecule has 3 heteroatoms. The summed E-state index contributed by atoms with van der Waals surface area (Å²) in [6.45, 7) is 7.97. The van der Waals surface area contributed by atoms with Crippen LogP contribution in [0.4, 0.5) is 0 Å². The number of rotatable bonds is 9. The van der Waals surface area contributed by atoms with E-state index in [-0.39, 0.29) is 5.91 Å². The van der Waals surface area contributed by atoms with Gasteiger partial charge in [-0.15, -0.1) is 6.58 Å². The van der Waals surface area contributed by atoms with E-state index in [1.54, 1.807) is 6.08 Å². The Morgan fingerprint density at radius 2 is 2.13 bits per heavy atom. The first-order valence-electron chi connectivity index (χ1n) is 5.85. The molecule has 0 atom stereocenters. The van der Waals surface area contributed by atoms with Gasteiger partial charge in [0.25, 0.3) is 0 Å². The molecular formula is C12H24N2O. The fourth-order valence-corrected chi connectivity index (χ4v) is 1.50. The number of carbonyl (C=O) groups excluding carboxylic acids is 1. The second kappa shape index (κ2) is 9.71. The molecular weight excluding hydrogens is 188 g/mol. The molecule has 0 bridgehead atoms. The molecule has 3 nitrogen and oxygen atoms in total. The summed E-state index contributed by atoms with van der Waals surface area (Å²) in [4.78, 5) is 13.6. The van der Waals surface area contributed by atoms with Crippen molar-refractivity contribution in [3.63, 3.8) is 0 Å². The fourth-order valence-electron chi connectivity index (χ4n) is 1.50. The van der Waals surface area contributed by atoms with Crippen molar-refractivity contribution in [2.24, 2.45) is 5.73 Å². The van der Waals surface area contributed by atoms with E-state index in [0.717, 1.165) is 38.8 Å². The maximum Gasteiger partial charge on any atom is 0.222 e. The monoisotopic (exact) mass is 212 g/mol. The van der Waals surface area contributed by atoms with Gasteiger partial charge in [0.15, 0.2) is 0 Å². The maximum absolute atomic E-state index is 11.7. The van der Waals surface area contributed by atoms with Crippen LogP contribution in [-0.2, 0) is 4.79 Å². The van der Waals surface area contributed by atoms with Gasteiger partial charge >= 0.3 is 0 Å². The number of nitrogens with zero attached hydrogens (tertiary/aromatic N) is 1. The Bertz CT molecular complexity index is 180. The molecule has 0 aromatic heterocycles. The van der Waals surface area contributed by atoms with Crippen LogP contribution in [0, 0.1) is 0 Å². The molecule has 0 saturated carbocycles. The predicted octanol–water partition coefficient (Wildman–Crippen LogP) is 1.93. The van der Waals surface area contributed by atoms with Crippen molar-refractivity contribution in [1.29, 1.82) is 0 Å². The van der Waals surface area contributed by atoms with E-state index in [0.29, 0.717) is 13.0 Å². The highest BCUT2D eigenvalue weighted by atomic mass is 16.2. The van der Waals surface area contributed by atoms with Crippen LogP contribution in [0.15, 0.2) is 12.7 Å². The Hall–Kier alpha value is -0.830. The zero-order valence-corrected chi connectivity index (χ0v) is 9.87. The number of amides is 1. The molecule has 0 aromatic carbocycles. The highest BCUT2D eigenvalue weighted by Crippen LogP contribution is 2.03. The van der Waals surface area contributed by atoms with Gasteiger partial charge in [-0.25, -0.2) is 0 Å². The minimum absolute atomic E-state index is 0.244. The molecule has 0 spiro atoms. The lowest BCUT2D eigenvalue weighted by molar-refractivity contribution is -0.130. The van der Waals surface area contributed by atoms with Gasteiger partial charge in [0.2, 0.25) is 5.91 Å². The third-order valence-corrected chi connectivity index (χ3v) is 2.29.